The molecule has 0 saturated carbocycles. The first-order valence-corrected chi connectivity index (χ1v) is 6.49. The minimum absolute atomic E-state index is 0.0947. The van der Waals surface area contributed by atoms with E-state index in [-0.39, 0.29) is 5.91 Å². The van der Waals surface area contributed by atoms with Crippen LogP contribution in [0, 0.1) is 0 Å². The van der Waals surface area contributed by atoms with E-state index in [4.69, 9.17) is 0 Å². The molecule has 2 aromatic heterocycles. The largest absolute Gasteiger partial charge is 0.324 e. The third-order valence-corrected chi connectivity index (χ3v) is 3.20. The number of aromatic nitrogens is 2. The smallest absolute Gasteiger partial charge is 0.221 e. The van der Waals surface area contributed by atoms with Crippen molar-refractivity contribution in [2.75, 3.05) is 5.32 Å². The van der Waals surface area contributed by atoms with Crippen molar-refractivity contribution in [1.82, 2.24) is 9.97 Å². The van der Waals surface area contributed by atoms with E-state index < -0.39 is 0 Å². The highest BCUT2D eigenvalue weighted by atomic mass is 32.2. The summed E-state index contributed by atoms with van der Waals surface area (Å²) in [6, 6.07) is 9.45. The van der Waals surface area contributed by atoms with Crippen LogP contribution in [0.25, 0.3) is 0 Å². The molecule has 92 valence electrons. The lowest BCUT2D eigenvalue weighted by atomic mass is 10.4. The van der Waals surface area contributed by atoms with Gasteiger partial charge in [0.15, 0.2) is 0 Å². The Morgan fingerprint density at radius 2 is 2.06 bits per heavy atom. The van der Waals surface area contributed by atoms with Gasteiger partial charge in [-0.2, -0.15) is 0 Å². The van der Waals surface area contributed by atoms with Crippen LogP contribution >= 0.6 is 11.8 Å². The second kappa shape index (κ2) is 6.16. The highest BCUT2D eigenvalue weighted by Gasteiger charge is 2.06. The molecular weight excluding hydrogens is 246 g/mol. The van der Waals surface area contributed by atoms with Crippen molar-refractivity contribution in [3.05, 3.63) is 48.4 Å². The van der Waals surface area contributed by atoms with Crippen LogP contribution in [0.1, 0.15) is 12.6 Å². The van der Waals surface area contributed by atoms with Gasteiger partial charge >= 0.3 is 0 Å². The predicted octanol–water partition coefficient (Wildman–Crippen LogP) is 2.73. The van der Waals surface area contributed by atoms with Gasteiger partial charge in [0.05, 0.1) is 11.4 Å². The molecule has 2 aromatic rings. The van der Waals surface area contributed by atoms with Crippen LogP contribution in [0.5, 0.6) is 0 Å². The van der Waals surface area contributed by atoms with E-state index in [0.717, 1.165) is 22.2 Å². The molecule has 0 radical (unpaired) electrons. The van der Waals surface area contributed by atoms with Gasteiger partial charge in [-0.25, -0.2) is 4.98 Å². The number of amides is 1. The van der Waals surface area contributed by atoms with E-state index in [1.54, 1.807) is 30.2 Å². The molecule has 2 heterocycles. The summed E-state index contributed by atoms with van der Waals surface area (Å²) in [5.74, 6) is 0.632. The van der Waals surface area contributed by atoms with Crippen LogP contribution < -0.4 is 5.32 Å². The van der Waals surface area contributed by atoms with Crippen molar-refractivity contribution in [2.45, 2.75) is 17.7 Å². The lowest BCUT2D eigenvalue weighted by molar-refractivity contribution is -0.114. The second-order valence-corrected chi connectivity index (χ2v) is 4.61. The van der Waals surface area contributed by atoms with E-state index in [9.17, 15) is 4.79 Å². The van der Waals surface area contributed by atoms with Gasteiger partial charge in [-0.15, -0.1) is 0 Å². The summed E-state index contributed by atoms with van der Waals surface area (Å²) >= 11 is 1.55. The van der Waals surface area contributed by atoms with Crippen molar-refractivity contribution in [3.63, 3.8) is 0 Å². The molecule has 0 saturated heterocycles. The molecule has 1 N–H and O–H groups in total. The van der Waals surface area contributed by atoms with Crippen LogP contribution in [0.15, 0.2) is 47.8 Å². The fraction of sp³-hybridized carbons (Fsp3) is 0.154. The normalized spacial score (nSPS) is 10.1. The van der Waals surface area contributed by atoms with E-state index in [1.807, 2.05) is 24.3 Å². The molecule has 0 bridgehead atoms. The number of hydrogen-bond acceptors (Lipinski definition) is 4. The molecule has 5 heteroatoms. The molecule has 18 heavy (non-hydrogen) atoms. The zero-order valence-corrected chi connectivity index (χ0v) is 10.8. The molecule has 0 aliphatic rings. The Morgan fingerprint density at radius 3 is 2.78 bits per heavy atom. The monoisotopic (exact) mass is 259 g/mol. The fourth-order valence-corrected chi connectivity index (χ4v) is 2.28. The Bertz CT molecular complexity index is 531. The van der Waals surface area contributed by atoms with Gasteiger partial charge in [-0.3, -0.25) is 9.78 Å². The molecule has 0 spiro atoms. The number of carbonyl (C=O) groups excluding carboxylic acids is 1. The van der Waals surface area contributed by atoms with Crippen molar-refractivity contribution >= 4 is 23.4 Å². The Kier molecular flexibility index (Phi) is 4.30. The van der Waals surface area contributed by atoms with Gasteiger partial charge in [0.2, 0.25) is 5.91 Å². The van der Waals surface area contributed by atoms with Crippen molar-refractivity contribution in [3.8, 4) is 0 Å². The zero-order valence-electron chi connectivity index (χ0n) is 9.96. The molecule has 2 rings (SSSR count). The molecule has 0 aliphatic heterocycles. The number of rotatable bonds is 4. The maximum absolute atomic E-state index is 11.1. The van der Waals surface area contributed by atoms with E-state index in [0.29, 0.717) is 0 Å². The molecule has 1 amide bonds. The van der Waals surface area contributed by atoms with Crippen LogP contribution in [-0.4, -0.2) is 15.9 Å². The number of pyridine rings is 2. The molecule has 0 atom stereocenters. The first kappa shape index (κ1) is 12.6. The number of nitrogens with one attached hydrogen (secondary N) is 1. The topological polar surface area (TPSA) is 54.9 Å². The lowest BCUT2D eigenvalue weighted by Crippen LogP contribution is -2.07. The summed E-state index contributed by atoms with van der Waals surface area (Å²) in [6.07, 6.45) is 3.48. The molecule has 0 unspecified atom stereocenters. The van der Waals surface area contributed by atoms with Crippen LogP contribution in [0.2, 0.25) is 0 Å². The number of anilines is 1. The molecule has 0 fully saturated rings. The highest BCUT2D eigenvalue weighted by molar-refractivity contribution is 7.98. The van der Waals surface area contributed by atoms with Gasteiger partial charge in [-0.1, -0.05) is 17.8 Å². The number of thioether (sulfide) groups is 1. The third kappa shape index (κ3) is 3.56. The summed E-state index contributed by atoms with van der Waals surface area (Å²) in [4.78, 5) is 19.6. The molecule has 0 aromatic carbocycles. The van der Waals surface area contributed by atoms with Gasteiger partial charge in [0, 0.05) is 25.1 Å². The Morgan fingerprint density at radius 1 is 1.22 bits per heavy atom. The standard InChI is InChI=1S/C13H13N3OS/c1-10(17)16-12-6-4-8-15-13(12)18-9-11-5-2-3-7-14-11/h2-8H,9H2,1H3,(H,16,17). The Labute approximate surface area is 110 Å². The van der Waals surface area contributed by atoms with E-state index in [2.05, 4.69) is 15.3 Å². The highest BCUT2D eigenvalue weighted by Crippen LogP contribution is 2.26. The van der Waals surface area contributed by atoms with Crippen molar-refractivity contribution in [1.29, 1.82) is 0 Å². The first-order valence-electron chi connectivity index (χ1n) is 5.51. The van der Waals surface area contributed by atoms with Crippen molar-refractivity contribution < 1.29 is 4.79 Å². The summed E-state index contributed by atoms with van der Waals surface area (Å²) in [7, 11) is 0. The second-order valence-electron chi connectivity index (χ2n) is 3.65. The maximum atomic E-state index is 11.1. The minimum atomic E-state index is -0.0947. The molecule has 0 aliphatic carbocycles. The van der Waals surface area contributed by atoms with E-state index in [1.165, 1.54) is 6.92 Å². The quantitative estimate of drug-likeness (QED) is 0.858. The van der Waals surface area contributed by atoms with Gasteiger partial charge in [-0.05, 0) is 24.3 Å². The van der Waals surface area contributed by atoms with Gasteiger partial charge < -0.3 is 5.32 Å². The number of carbonyl (C=O) groups is 1. The van der Waals surface area contributed by atoms with Crippen LogP contribution in [0.4, 0.5) is 5.69 Å². The number of hydrogen-bond donors (Lipinski definition) is 1. The average molecular weight is 259 g/mol. The van der Waals surface area contributed by atoms with Gasteiger partial charge in [0.1, 0.15) is 5.03 Å². The summed E-state index contributed by atoms with van der Waals surface area (Å²) in [6.45, 7) is 1.49. The SMILES string of the molecule is CC(=O)Nc1cccnc1SCc1ccccn1. The van der Waals surface area contributed by atoms with Crippen molar-refractivity contribution in [2.24, 2.45) is 0 Å². The summed E-state index contributed by atoms with van der Waals surface area (Å²) < 4.78 is 0. The average Bonchev–Trinajstić information content (AvgIpc) is 2.38. The minimum Gasteiger partial charge on any atom is -0.324 e. The lowest BCUT2D eigenvalue weighted by Gasteiger charge is -2.07. The Hall–Kier alpha value is -1.88. The molecule has 4 nitrogen and oxygen atoms in total. The maximum Gasteiger partial charge on any atom is 0.221 e. The predicted molar refractivity (Wildman–Crippen MR) is 72.3 cm³/mol. The van der Waals surface area contributed by atoms with Crippen LogP contribution in [-0.2, 0) is 10.5 Å². The zero-order chi connectivity index (χ0) is 12.8. The van der Waals surface area contributed by atoms with Gasteiger partial charge in [0.25, 0.3) is 0 Å². The third-order valence-electron chi connectivity index (χ3n) is 2.16. The molecular formula is C13H13N3OS. The summed E-state index contributed by atoms with van der Waals surface area (Å²) in [5, 5.41) is 3.57. The fourth-order valence-electron chi connectivity index (χ4n) is 1.42. The first-order chi connectivity index (χ1) is 8.75. The summed E-state index contributed by atoms with van der Waals surface area (Å²) in [5.41, 5.74) is 1.73. The van der Waals surface area contributed by atoms with E-state index >= 15 is 0 Å². The Balaban J connectivity index is 2.07. The van der Waals surface area contributed by atoms with Crippen LogP contribution in [0.3, 0.4) is 0 Å². The number of nitrogens with zero attached hydrogens (tertiary/aromatic N) is 2.